The van der Waals surface area contributed by atoms with Gasteiger partial charge in [-0.1, -0.05) is 18.2 Å². The Balaban J connectivity index is 1.40. The number of nitrogens with zero attached hydrogens (tertiary/aromatic N) is 6. The third kappa shape index (κ3) is 3.68. The second-order valence-corrected chi connectivity index (χ2v) is 9.28. The molecule has 2 aliphatic heterocycles. The minimum atomic E-state index is -1.51. The van der Waals surface area contributed by atoms with E-state index < -0.39 is 17.5 Å². The molecule has 2 unspecified atom stereocenters. The SMILES string of the molecule is COc1nc(C(=O)N2C3CCCC2c2nn(C)c(-c4cc(F)c(F)c(F)c4)c2C3)nn1-c1ccccc1. The topological polar surface area (TPSA) is 78.1 Å². The van der Waals surface area contributed by atoms with Gasteiger partial charge in [0.15, 0.2) is 17.5 Å². The van der Waals surface area contributed by atoms with Crippen molar-refractivity contribution in [2.24, 2.45) is 7.05 Å². The van der Waals surface area contributed by atoms with Gasteiger partial charge >= 0.3 is 6.01 Å². The Morgan fingerprint density at radius 1 is 1.05 bits per heavy atom. The van der Waals surface area contributed by atoms with Gasteiger partial charge < -0.3 is 9.64 Å². The number of hydrogen-bond donors (Lipinski definition) is 0. The molecule has 2 aromatic heterocycles. The van der Waals surface area contributed by atoms with Crippen LogP contribution < -0.4 is 4.74 Å². The summed E-state index contributed by atoms with van der Waals surface area (Å²) in [6.45, 7) is 0. The molecule has 8 nitrogen and oxygen atoms in total. The number of para-hydroxylation sites is 1. The van der Waals surface area contributed by atoms with Crippen molar-refractivity contribution >= 4 is 5.91 Å². The number of halogens is 3. The van der Waals surface area contributed by atoms with Crippen molar-refractivity contribution in [3.8, 4) is 23.0 Å². The Bertz CT molecular complexity index is 1490. The summed E-state index contributed by atoms with van der Waals surface area (Å²) >= 11 is 0. The summed E-state index contributed by atoms with van der Waals surface area (Å²) in [5.74, 6) is -4.34. The van der Waals surface area contributed by atoms with Crippen molar-refractivity contribution in [3.63, 3.8) is 0 Å². The van der Waals surface area contributed by atoms with E-state index in [9.17, 15) is 18.0 Å². The van der Waals surface area contributed by atoms with Gasteiger partial charge in [0.25, 0.3) is 5.91 Å². The number of hydrogen-bond acceptors (Lipinski definition) is 5. The lowest BCUT2D eigenvalue weighted by Crippen LogP contribution is -2.50. The van der Waals surface area contributed by atoms with Gasteiger partial charge in [-0.15, -0.1) is 5.10 Å². The number of benzene rings is 2. The van der Waals surface area contributed by atoms with Crippen LogP contribution in [0.15, 0.2) is 42.5 Å². The van der Waals surface area contributed by atoms with E-state index in [0.29, 0.717) is 29.9 Å². The van der Waals surface area contributed by atoms with Gasteiger partial charge in [-0.3, -0.25) is 9.48 Å². The van der Waals surface area contributed by atoms with Crippen molar-refractivity contribution in [2.75, 3.05) is 7.11 Å². The standard InChI is InChI=1S/C26H23F3N6O2/c1-33-23(14-11-18(27)21(29)19(28)12-14)17-13-16-9-6-10-20(22(17)31-33)34(16)25(36)24-30-26(37-2)35(32-24)15-7-4-3-5-8-15/h3-5,7-8,11-12,16,20H,6,9-10,13H2,1-2H3. The predicted molar refractivity (Wildman–Crippen MR) is 127 cm³/mol. The number of amides is 1. The molecule has 6 rings (SSSR count). The first-order chi connectivity index (χ1) is 17.9. The summed E-state index contributed by atoms with van der Waals surface area (Å²) < 4.78 is 50.1. The van der Waals surface area contributed by atoms with Gasteiger partial charge in [-0.25, -0.2) is 13.2 Å². The molecule has 190 valence electrons. The van der Waals surface area contributed by atoms with Crippen LogP contribution >= 0.6 is 0 Å². The molecular formula is C26H23F3N6O2. The number of methoxy groups -OCH3 is 1. The molecular weight excluding hydrogens is 485 g/mol. The van der Waals surface area contributed by atoms with Crippen LogP contribution in [-0.2, 0) is 13.5 Å². The first kappa shape index (κ1) is 23.3. The maximum atomic E-state index is 14.0. The zero-order valence-electron chi connectivity index (χ0n) is 20.2. The molecule has 0 spiro atoms. The van der Waals surface area contributed by atoms with Gasteiger partial charge in [-0.2, -0.15) is 14.8 Å². The van der Waals surface area contributed by atoms with Gasteiger partial charge in [0.1, 0.15) is 0 Å². The van der Waals surface area contributed by atoms with Gasteiger partial charge in [0.2, 0.25) is 5.82 Å². The molecule has 4 heterocycles. The molecule has 0 saturated carbocycles. The first-order valence-electron chi connectivity index (χ1n) is 12.0. The average molecular weight is 509 g/mol. The molecule has 37 heavy (non-hydrogen) atoms. The highest BCUT2D eigenvalue weighted by molar-refractivity contribution is 5.91. The van der Waals surface area contributed by atoms with Crippen LogP contribution in [-0.4, -0.2) is 48.5 Å². The Hall–Kier alpha value is -4.15. The molecule has 2 atom stereocenters. The smallest absolute Gasteiger partial charge is 0.320 e. The van der Waals surface area contributed by atoms with E-state index in [1.807, 2.05) is 30.3 Å². The zero-order valence-corrected chi connectivity index (χ0v) is 20.2. The maximum absolute atomic E-state index is 14.0. The van der Waals surface area contributed by atoms with E-state index in [1.165, 1.54) is 11.8 Å². The van der Waals surface area contributed by atoms with Crippen LogP contribution in [0, 0.1) is 17.5 Å². The molecule has 0 aliphatic carbocycles. The minimum absolute atomic E-state index is 0.0138. The fourth-order valence-corrected chi connectivity index (χ4v) is 5.58. The summed E-state index contributed by atoms with van der Waals surface area (Å²) in [6, 6.07) is 10.9. The second kappa shape index (κ2) is 8.75. The van der Waals surface area contributed by atoms with Crippen LogP contribution in [0.5, 0.6) is 6.01 Å². The summed E-state index contributed by atoms with van der Waals surface area (Å²) in [5.41, 5.74) is 2.91. The number of carbonyl (C=O) groups excluding carboxylic acids is 1. The molecule has 2 aliphatic rings. The Labute approximate surface area is 210 Å². The normalized spacial score (nSPS) is 18.6. The monoisotopic (exact) mass is 508 g/mol. The summed E-state index contributed by atoms with van der Waals surface area (Å²) in [6.07, 6.45) is 2.77. The lowest BCUT2D eigenvalue weighted by molar-refractivity contribution is 0.0379. The number of carbonyl (C=O) groups is 1. The number of ether oxygens (including phenoxy) is 1. The number of piperidine rings is 1. The van der Waals surface area contributed by atoms with Crippen LogP contribution in [0.1, 0.15) is 47.2 Å². The van der Waals surface area contributed by atoms with Gasteiger partial charge in [0.05, 0.1) is 30.2 Å². The van der Waals surface area contributed by atoms with E-state index >= 15 is 0 Å². The highest BCUT2D eigenvalue weighted by atomic mass is 19.2. The van der Waals surface area contributed by atoms with Crippen LogP contribution in [0.25, 0.3) is 16.9 Å². The Morgan fingerprint density at radius 3 is 2.49 bits per heavy atom. The second-order valence-electron chi connectivity index (χ2n) is 9.28. The Morgan fingerprint density at radius 2 is 1.78 bits per heavy atom. The third-order valence-electron chi connectivity index (χ3n) is 7.12. The van der Waals surface area contributed by atoms with Crippen molar-refractivity contribution in [2.45, 2.75) is 37.8 Å². The lowest BCUT2D eigenvalue weighted by atomic mass is 9.81. The third-order valence-corrected chi connectivity index (χ3v) is 7.12. The molecule has 2 bridgehead atoms. The molecule has 4 aromatic rings. The number of aryl methyl sites for hydroxylation is 1. The molecule has 1 fully saturated rings. The Kier molecular flexibility index (Phi) is 5.50. The van der Waals surface area contributed by atoms with Crippen LogP contribution in [0.3, 0.4) is 0 Å². The first-order valence-corrected chi connectivity index (χ1v) is 12.0. The van der Waals surface area contributed by atoms with Crippen molar-refractivity contribution in [3.05, 3.63) is 77.0 Å². The van der Waals surface area contributed by atoms with E-state index in [-0.39, 0.29) is 35.4 Å². The summed E-state index contributed by atoms with van der Waals surface area (Å²) in [7, 11) is 3.15. The molecule has 0 radical (unpaired) electrons. The maximum Gasteiger partial charge on any atom is 0.320 e. The summed E-state index contributed by atoms with van der Waals surface area (Å²) in [5, 5.41) is 9.11. The zero-order chi connectivity index (χ0) is 25.8. The average Bonchev–Trinajstić information content (AvgIpc) is 3.48. The fraction of sp³-hybridized carbons (Fsp3) is 0.308. The van der Waals surface area contributed by atoms with E-state index in [0.717, 1.165) is 30.5 Å². The van der Waals surface area contributed by atoms with Crippen molar-refractivity contribution < 1.29 is 22.7 Å². The van der Waals surface area contributed by atoms with Crippen LogP contribution in [0.4, 0.5) is 13.2 Å². The summed E-state index contributed by atoms with van der Waals surface area (Å²) in [4.78, 5) is 19.9. The molecule has 1 saturated heterocycles. The lowest BCUT2D eigenvalue weighted by Gasteiger charge is -2.44. The number of rotatable bonds is 4. The molecule has 0 N–H and O–H groups in total. The van der Waals surface area contributed by atoms with E-state index in [2.05, 4.69) is 15.2 Å². The number of aromatic nitrogens is 5. The van der Waals surface area contributed by atoms with Gasteiger partial charge in [0, 0.05) is 24.2 Å². The number of fused-ring (bicyclic) bond motifs is 4. The largest absolute Gasteiger partial charge is 0.467 e. The van der Waals surface area contributed by atoms with E-state index in [1.54, 1.807) is 16.6 Å². The molecule has 11 heteroatoms. The molecule has 1 amide bonds. The van der Waals surface area contributed by atoms with Crippen molar-refractivity contribution in [1.82, 2.24) is 29.4 Å². The highest BCUT2D eigenvalue weighted by Crippen LogP contribution is 2.45. The molecule has 2 aromatic carbocycles. The quantitative estimate of drug-likeness (QED) is 0.382. The van der Waals surface area contributed by atoms with Gasteiger partial charge in [-0.05, 0) is 49.9 Å². The fourth-order valence-electron chi connectivity index (χ4n) is 5.58. The van der Waals surface area contributed by atoms with E-state index in [4.69, 9.17) is 4.74 Å². The highest BCUT2D eigenvalue weighted by Gasteiger charge is 2.44. The van der Waals surface area contributed by atoms with Crippen molar-refractivity contribution in [1.29, 1.82) is 0 Å². The minimum Gasteiger partial charge on any atom is -0.467 e. The van der Waals surface area contributed by atoms with Crippen LogP contribution in [0.2, 0.25) is 0 Å². The predicted octanol–water partition coefficient (Wildman–Crippen LogP) is 4.39.